The summed E-state index contributed by atoms with van der Waals surface area (Å²) in [5.41, 5.74) is -0.0110. The molecule has 0 bridgehead atoms. The number of hydrogen-bond donors (Lipinski definition) is 0. The smallest absolute Gasteiger partial charge is 0.305 e. The summed E-state index contributed by atoms with van der Waals surface area (Å²) in [7, 11) is 0. The lowest BCUT2D eigenvalue weighted by atomic mass is 10.1. The Kier molecular flexibility index (Phi) is 3.27. The molecule has 1 aromatic rings. The molecule has 0 atom stereocenters. The molecule has 1 saturated heterocycles. The van der Waals surface area contributed by atoms with Gasteiger partial charge in [0, 0.05) is 24.7 Å². The minimum atomic E-state index is -0.907. The van der Waals surface area contributed by atoms with Gasteiger partial charge in [0.1, 0.15) is 0 Å². The second kappa shape index (κ2) is 4.72. The van der Waals surface area contributed by atoms with Crippen molar-refractivity contribution in [3.8, 4) is 0 Å². The number of rotatable bonds is 2. The number of halogens is 1. The van der Waals surface area contributed by atoms with E-state index >= 15 is 0 Å². The van der Waals surface area contributed by atoms with Crippen LogP contribution in [-0.4, -0.2) is 28.8 Å². The van der Waals surface area contributed by atoms with E-state index in [4.69, 9.17) is 0 Å². The minimum absolute atomic E-state index is 0.213. The van der Waals surface area contributed by atoms with Gasteiger partial charge in [-0.05, 0) is 31.4 Å². The Hall–Kier alpha value is -1.98. The molecule has 1 fully saturated rings. The predicted octanol–water partition coefficient (Wildman–Crippen LogP) is 2.28. The Morgan fingerprint density at radius 3 is 2.56 bits per heavy atom. The van der Waals surface area contributed by atoms with Crippen LogP contribution in [0.3, 0.4) is 0 Å². The number of nitro benzene ring substituents is 1. The van der Waals surface area contributed by atoms with Crippen molar-refractivity contribution in [3.05, 3.63) is 39.2 Å². The molecule has 6 heteroatoms. The van der Waals surface area contributed by atoms with E-state index < -0.39 is 16.4 Å². The highest BCUT2D eigenvalue weighted by Crippen LogP contribution is 2.24. The van der Waals surface area contributed by atoms with Gasteiger partial charge >= 0.3 is 5.69 Å². The van der Waals surface area contributed by atoms with Crippen molar-refractivity contribution in [1.82, 2.24) is 4.90 Å². The quantitative estimate of drug-likeness (QED) is 0.599. The fraction of sp³-hybridized carbons (Fsp3) is 0.417. The average Bonchev–Trinajstić information content (AvgIpc) is 2.81. The van der Waals surface area contributed by atoms with Crippen molar-refractivity contribution in [2.45, 2.75) is 19.8 Å². The van der Waals surface area contributed by atoms with Crippen molar-refractivity contribution in [2.24, 2.45) is 0 Å². The van der Waals surface area contributed by atoms with Crippen LogP contribution in [0, 0.1) is 22.9 Å². The Bertz CT molecular complexity index is 510. The molecule has 0 saturated carbocycles. The molecule has 5 nitrogen and oxygen atoms in total. The molecule has 1 amide bonds. The van der Waals surface area contributed by atoms with E-state index in [0.717, 1.165) is 25.0 Å². The molecule has 0 aliphatic carbocycles. The molecule has 18 heavy (non-hydrogen) atoms. The molecule has 1 heterocycles. The van der Waals surface area contributed by atoms with Gasteiger partial charge in [-0.3, -0.25) is 14.9 Å². The molecule has 0 spiro atoms. The maximum atomic E-state index is 13.4. The van der Waals surface area contributed by atoms with Crippen LogP contribution in [0.1, 0.15) is 28.8 Å². The molecule has 1 aliphatic rings. The lowest BCUT2D eigenvalue weighted by molar-refractivity contribution is -0.387. The summed E-state index contributed by atoms with van der Waals surface area (Å²) < 4.78 is 13.4. The summed E-state index contributed by atoms with van der Waals surface area (Å²) in [6.07, 6.45) is 1.88. The van der Waals surface area contributed by atoms with E-state index in [-0.39, 0.29) is 11.5 Å². The maximum absolute atomic E-state index is 13.4. The molecule has 0 N–H and O–H groups in total. The van der Waals surface area contributed by atoms with Crippen LogP contribution in [0.4, 0.5) is 10.1 Å². The van der Waals surface area contributed by atoms with Crippen LogP contribution in [0.2, 0.25) is 0 Å². The molecule has 0 unspecified atom stereocenters. The zero-order valence-electron chi connectivity index (χ0n) is 9.98. The normalized spacial score (nSPS) is 14.9. The Balaban J connectivity index is 2.40. The van der Waals surface area contributed by atoms with Crippen LogP contribution in [-0.2, 0) is 0 Å². The number of carbonyl (C=O) groups is 1. The Morgan fingerprint density at radius 1 is 1.39 bits per heavy atom. The van der Waals surface area contributed by atoms with Gasteiger partial charge < -0.3 is 4.90 Å². The van der Waals surface area contributed by atoms with Crippen LogP contribution in [0.25, 0.3) is 0 Å². The third-order valence-corrected chi connectivity index (χ3v) is 3.11. The minimum Gasteiger partial charge on any atom is -0.339 e. The fourth-order valence-corrected chi connectivity index (χ4v) is 2.12. The Morgan fingerprint density at radius 2 is 2.00 bits per heavy atom. The SMILES string of the molecule is Cc1cc(F)c([N+](=O)[O-])cc1C(=O)N1CCCC1. The molecule has 1 aromatic carbocycles. The number of benzene rings is 1. The van der Waals surface area contributed by atoms with E-state index in [1.54, 1.807) is 11.8 Å². The highest BCUT2D eigenvalue weighted by Gasteiger charge is 2.25. The standard InChI is InChI=1S/C12H13FN2O3/c1-8-6-10(13)11(15(17)18)7-9(8)12(16)14-4-2-3-5-14/h6-7H,2-5H2,1H3. The monoisotopic (exact) mass is 252 g/mol. The second-order valence-corrected chi connectivity index (χ2v) is 4.37. The lowest BCUT2D eigenvalue weighted by Gasteiger charge is -2.16. The number of nitrogens with zero attached hydrogens (tertiary/aromatic N) is 2. The van der Waals surface area contributed by atoms with Crippen molar-refractivity contribution in [2.75, 3.05) is 13.1 Å². The third-order valence-electron chi connectivity index (χ3n) is 3.11. The number of likely N-dealkylation sites (tertiary alicyclic amines) is 1. The first-order chi connectivity index (χ1) is 8.50. The summed E-state index contributed by atoms with van der Waals surface area (Å²) in [6, 6.07) is 2.08. The zero-order valence-corrected chi connectivity index (χ0v) is 9.98. The van der Waals surface area contributed by atoms with E-state index in [0.29, 0.717) is 18.7 Å². The highest BCUT2D eigenvalue weighted by molar-refractivity contribution is 5.96. The topological polar surface area (TPSA) is 63.5 Å². The van der Waals surface area contributed by atoms with Gasteiger partial charge in [-0.25, -0.2) is 0 Å². The molecule has 1 aliphatic heterocycles. The van der Waals surface area contributed by atoms with E-state index in [2.05, 4.69) is 0 Å². The first kappa shape index (κ1) is 12.5. The van der Waals surface area contributed by atoms with Gasteiger partial charge in [0.15, 0.2) is 0 Å². The summed E-state index contributed by atoms with van der Waals surface area (Å²) >= 11 is 0. The van der Waals surface area contributed by atoms with Gasteiger partial charge in [0.2, 0.25) is 5.82 Å². The first-order valence-electron chi connectivity index (χ1n) is 5.74. The van der Waals surface area contributed by atoms with Gasteiger partial charge in [0.25, 0.3) is 5.91 Å². The number of aryl methyl sites for hydroxylation is 1. The van der Waals surface area contributed by atoms with Crippen molar-refractivity contribution in [3.63, 3.8) is 0 Å². The molecular formula is C12H13FN2O3. The van der Waals surface area contributed by atoms with Gasteiger partial charge in [-0.1, -0.05) is 0 Å². The van der Waals surface area contributed by atoms with Crippen LogP contribution in [0.5, 0.6) is 0 Å². The Labute approximate surface area is 103 Å². The molecule has 0 radical (unpaired) electrons. The highest BCUT2D eigenvalue weighted by atomic mass is 19.1. The van der Waals surface area contributed by atoms with Crippen LogP contribution in [0.15, 0.2) is 12.1 Å². The van der Waals surface area contributed by atoms with E-state index in [1.807, 2.05) is 0 Å². The maximum Gasteiger partial charge on any atom is 0.305 e. The second-order valence-electron chi connectivity index (χ2n) is 4.37. The van der Waals surface area contributed by atoms with E-state index in [9.17, 15) is 19.3 Å². The fourth-order valence-electron chi connectivity index (χ4n) is 2.12. The lowest BCUT2D eigenvalue weighted by Crippen LogP contribution is -2.28. The number of nitro groups is 1. The van der Waals surface area contributed by atoms with Crippen molar-refractivity contribution < 1.29 is 14.1 Å². The third kappa shape index (κ3) is 2.18. The van der Waals surface area contributed by atoms with Crippen molar-refractivity contribution in [1.29, 1.82) is 0 Å². The number of hydrogen-bond acceptors (Lipinski definition) is 3. The molecule has 2 rings (SSSR count). The van der Waals surface area contributed by atoms with Gasteiger partial charge in [0.05, 0.1) is 4.92 Å². The summed E-state index contributed by atoms with van der Waals surface area (Å²) in [4.78, 5) is 23.6. The number of carbonyl (C=O) groups excluding carboxylic acids is 1. The van der Waals surface area contributed by atoms with Gasteiger partial charge in [-0.2, -0.15) is 4.39 Å². The molecule has 96 valence electrons. The summed E-state index contributed by atoms with van der Waals surface area (Å²) in [5, 5.41) is 10.7. The molecule has 0 aromatic heterocycles. The van der Waals surface area contributed by atoms with Gasteiger partial charge in [-0.15, -0.1) is 0 Å². The van der Waals surface area contributed by atoms with Crippen LogP contribution < -0.4 is 0 Å². The first-order valence-corrected chi connectivity index (χ1v) is 5.74. The summed E-state index contributed by atoms with van der Waals surface area (Å²) in [5.74, 6) is -1.16. The largest absolute Gasteiger partial charge is 0.339 e. The predicted molar refractivity (Wildman–Crippen MR) is 62.9 cm³/mol. The molecular weight excluding hydrogens is 239 g/mol. The van der Waals surface area contributed by atoms with Crippen LogP contribution >= 0.6 is 0 Å². The van der Waals surface area contributed by atoms with E-state index in [1.165, 1.54) is 0 Å². The average molecular weight is 252 g/mol. The zero-order chi connectivity index (χ0) is 13.3. The van der Waals surface area contributed by atoms with Crippen molar-refractivity contribution >= 4 is 11.6 Å². The summed E-state index contributed by atoms with van der Waals surface area (Å²) in [6.45, 7) is 2.89. The number of amides is 1.